The Morgan fingerprint density at radius 1 is 1.02 bits per heavy atom. The molecule has 13 heteroatoms. The lowest BCUT2D eigenvalue weighted by molar-refractivity contribution is -0.302. The molecule has 13 nitrogen and oxygen atoms in total. The molecule has 0 aromatic carbocycles. The number of methoxy groups -OCH3 is 3. The van der Waals surface area contributed by atoms with Crippen molar-refractivity contribution in [2.24, 2.45) is 29.6 Å². The van der Waals surface area contributed by atoms with Crippen molar-refractivity contribution in [2.75, 3.05) is 41.1 Å². The van der Waals surface area contributed by atoms with Gasteiger partial charge >= 0.3 is 5.97 Å². The maximum atomic E-state index is 14.4. The molecule has 0 spiro atoms. The molecule has 3 N–H and O–H groups in total. The summed E-state index contributed by atoms with van der Waals surface area (Å²) in [5.41, 5.74) is 2.10. The van der Waals surface area contributed by atoms with Crippen molar-refractivity contribution >= 4 is 23.4 Å². The van der Waals surface area contributed by atoms with Crippen molar-refractivity contribution in [1.29, 1.82) is 5.41 Å². The van der Waals surface area contributed by atoms with Crippen LogP contribution in [0.3, 0.4) is 0 Å². The van der Waals surface area contributed by atoms with Gasteiger partial charge in [0.2, 0.25) is 5.79 Å². The van der Waals surface area contributed by atoms with Crippen molar-refractivity contribution in [1.82, 2.24) is 4.90 Å². The molecule has 0 aromatic rings. The first-order valence-electron chi connectivity index (χ1n) is 21.7. The molecule has 4 aliphatic rings. The minimum atomic E-state index is -2.49. The Labute approximate surface area is 352 Å². The van der Waals surface area contributed by atoms with E-state index in [1.165, 1.54) is 4.90 Å². The summed E-state index contributed by atoms with van der Waals surface area (Å²) in [6.07, 6.45) is 12.7. The summed E-state index contributed by atoms with van der Waals surface area (Å²) in [5, 5.41) is 33.3. The summed E-state index contributed by atoms with van der Waals surface area (Å²) >= 11 is 0. The van der Waals surface area contributed by atoms with Crippen molar-refractivity contribution in [3.8, 4) is 12.3 Å². The molecule has 1 saturated carbocycles. The maximum Gasteiger partial charge on any atom is 0.329 e. The molecule has 0 radical (unpaired) electrons. The number of ether oxygens (including phenoxy) is 6. The third kappa shape index (κ3) is 12.6. The van der Waals surface area contributed by atoms with E-state index in [4.69, 9.17) is 34.8 Å². The van der Waals surface area contributed by atoms with Crippen LogP contribution in [0.4, 0.5) is 0 Å². The number of hydrogen-bond acceptors (Lipinski definition) is 12. The number of fused-ring (bicyclic) bond motifs is 3. The molecule has 59 heavy (non-hydrogen) atoms. The quantitative estimate of drug-likeness (QED) is 0.0871. The highest BCUT2D eigenvalue weighted by molar-refractivity contribution is 6.39. The zero-order valence-electron chi connectivity index (χ0n) is 36.8. The van der Waals surface area contributed by atoms with E-state index in [1.54, 1.807) is 28.3 Å². The second-order valence-electron chi connectivity index (χ2n) is 17.7. The number of terminal acetylenes is 1. The lowest BCUT2D eigenvalue weighted by atomic mass is 9.82. The van der Waals surface area contributed by atoms with Crippen LogP contribution in [0.15, 0.2) is 23.3 Å². The summed E-state index contributed by atoms with van der Waals surface area (Å²) in [4.78, 5) is 44.2. The Balaban J connectivity index is 1.78. The number of carbonyl (C=O) groups excluding carboxylic acids is 3. The molecule has 0 unspecified atom stereocenters. The fourth-order valence-corrected chi connectivity index (χ4v) is 9.67. The molecular formula is C46H72N2O11. The van der Waals surface area contributed by atoms with E-state index in [2.05, 4.69) is 25.0 Å². The zero-order chi connectivity index (χ0) is 43.4. The van der Waals surface area contributed by atoms with Gasteiger partial charge < -0.3 is 48.9 Å². The minimum Gasteiger partial charge on any atom is -0.456 e. The number of cyclic esters (lactones) is 1. The van der Waals surface area contributed by atoms with Crippen LogP contribution >= 0.6 is 0 Å². The molecule has 3 fully saturated rings. The maximum absolute atomic E-state index is 14.4. The van der Waals surface area contributed by atoms with E-state index < -0.39 is 71.8 Å². The molecule has 2 saturated heterocycles. The smallest absolute Gasteiger partial charge is 0.329 e. The van der Waals surface area contributed by atoms with Crippen molar-refractivity contribution in [3.63, 3.8) is 0 Å². The lowest BCUT2D eigenvalue weighted by Crippen LogP contribution is -2.64. The number of nitrogens with one attached hydrogen (secondary N) is 1. The van der Waals surface area contributed by atoms with Gasteiger partial charge in [-0.15, -0.1) is 6.42 Å². The van der Waals surface area contributed by atoms with Gasteiger partial charge in [-0.1, -0.05) is 50.8 Å². The molecule has 3 heterocycles. The number of amides is 1. The lowest BCUT2D eigenvalue weighted by Gasteiger charge is -2.47. The van der Waals surface area contributed by atoms with E-state index in [-0.39, 0.29) is 56.3 Å². The summed E-state index contributed by atoms with van der Waals surface area (Å²) in [5.74, 6) is -4.47. The van der Waals surface area contributed by atoms with E-state index in [0.717, 1.165) is 36.8 Å². The second-order valence-corrected chi connectivity index (χ2v) is 17.7. The molecule has 4 rings (SSSR count). The van der Waals surface area contributed by atoms with Crippen LogP contribution in [-0.4, -0.2) is 128 Å². The first-order chi connectivity index (χ1) is 28.1. The monoisotopic (exact) mass is 829 g/mol. The predicted octanol–water partition coefficient (Wildman–Crippen LogP) is 5.58. The number of carbonyl (C=O) groups is 3. The average Bonchev–Trinajstić information content (AvgIpc) is 3.22. The first-order valence-corrected chi connectivity index (χ1v) is 21.7. The average molecular weight is 829 g/mol. The van der Waals surface area contributed by atoms with Crippen molar-refractivity contribution < 1.29 is 53.0 Å². The first kappa shape index (κ1) is 48.7. The Hall–Kier alpha value is -2.96. The zero-order valence-corrected chi connectivity index (χ0v) is 36.8. The number of aliphatic hydroxyl groups excluding tert-OH is 1. The van der Waals surface area contributed by atoms with Gasteiger partial charge in [0.15, 0.2) is 0 Å². The normalized spacial score (nSPS) is 38.6. The Bertz CT molecular complexity index is 1540. The van der Waals surface area contributed by atoms with Gasteiger partial charge in [-0.05, 0) is 95.5 Å². The summed E-state index contributed by atoms with van der Waals surface area (Å²) in [7, 11) is 4.80. The van der Waals surface area contributed by atoms with E-state index in [1.807, 2.05) is 20.8 Å². The molecule has 1 aliphatic carbocycles. The number of allylic oxidation sites excluding steroid dienone is 3. The van der Waals surface area contributed by atoms with Gasteiger partial charge in [0.05, 0.1) is 24.4 Å². The largest absolute Gasteiger partial charge is 0.456 e. The third-order valence-corrected chi connectivity index (χ3v) is 13.2. The van der Waals surface area contributed by atoms with Crippen LogP contribution in [0, 0.1) is 47.3 Å². The summed E-state index contributed by atoms with van der Waals surface area (Å²) in [6, 6.07) is -1.10. The van der Waals surface area contributed by atoms with Crippen molar-refractivity contribution in [2.45, 2.75) is 160 Å². The van der Waals surface area contributed by atoms with Crippen LogP contribution < -0.4 is 0 Å². The Morgan fingerprint density at radius 2 is 1.73 bits per heavy atom. The van der Waals surface area contributed by atoms with E-state index in [9.17, 15) is 30.0 Å². The highest BCUT2D eigenvalue weighted by Crippen LogP contribution is 2.39. The SMILES string of the molecule is C#CCOCC[C@@H]1/C=C(\C)C[C@H](C)C[C@H](OC)[C@H]2O[C@@](O)(C(=O)C(=O)N3CCCC[C@H]3C(=O)O[C@H](/C(C)=C/[C@@H]3CCC[C@H](OC)C3)[C@H](C)[C@@H](O)CC1=N)[C@H](C)C[C@@H]2OC. The molecule has 0 aromatic heterocycles. The number of aliphatic hydroxyl groups is 2. The molecule has 332 valence electrons. The summed E-state index contributed by atoms with van der Waals surface area (Å²) in [6.45, 7) is 10.0. The number of nitrogens with zero attached hydrogens (tertiary/aromatic N) is 1. The topological polar surface area (TPSA) is 174 Å². The van der Waals surface area contributed by atoms with Gasteiger partial charge in [-0.3, -0.25) is 9.59 Å². The molecule has 3 aliphatic heterocycles. The van der Waals surface area contributed by atoms with Gasteiger partial charge in [0.25, 0.3) is 11.7 Å². The highest BCUT2D eigenvalue weighted by atomic mass is 16.7. The third-order valence-electron chi connectivity index (χ3n) is 13.2. The summed E-state index contributed by atoms with van der Waals surface area (Å²) < 4.78 is 35.8. The minimum absolute atomic E-state index is 0.0271. The highest BCUT2D eigenvalue weighted by Gasteiger charge is 2.56. The Kier molecular flexibility index (Phi) is 18.8. The second kappa shape index (κ2) is 22.8. The molecule has 13 atom stereocenters. The van der Waals surface area contributed by atoms with Crippen LogP contribution in [0.5, 0.6) is 0 Å². The van der Waals surface area contributed by atoms with Gasteiger partial charge in [0.1, 0.15) is 24.9 Å². The number of esters is 1. The molecular weight excluding hydrogens is 757 g/mol. The van der Waals surface area contributed by atoms with Crippen LogP contribution in [0.25, 0.3) is 0 Å². The van der Waals surface area contributed by atoms with Crippen LogP contribution in [-0.2, 0) is 42.8 Å². The number of rotatable bonds is 9. The van der Waals surface area contributed by atoms with Crippen molar-refractivity contribution in [3.05, 3.63) is 23.3 Å². The molecule has 1 amide bonds. The van der Waals surface area contributed by atoms with Gasteiger partial charge in [-0.25, -0.2) is 4.79 Å². The van der Waals surface area contributed by atoms with Crippen LogP contribution in [0.1, 0.15) is 112 Å². The standard InChI is InChI=1S/C46H72N2O11/c1-10-19-57-20-17-34-22-28(2)21-29(3)23-39(55-8)42-40(56-9)25-31(5)46(53,59-42)43(50)44(51)48-18-12-11-16-37(48)45(52)58-41(32(6)38(49)27-36(34)47)30(4)24-33-14-13-15-35(26-33)54-7/h1,22,24,29,31-35,37-42,47,49,53H,11-21,23,25-27H2,2-9H3/b28-22+,30-24+,47-36?/t29-,31+,32+,33-,34+,35-,37-,38-,39-,40-,41+,42+,46+/m0/s1. The van der Waals surface area contributed by atoms with Crippen LogP contribution in [0.2, 0.25) is 0 Å². The predicted molar refractivity (Wildman–Crippen MR) is 223 cm³/mol. The fraction of sp³-hybridized carbons (Fsp3) is 0.783. The van der Waals surface area contributed by atoms with E-state index in [0.29, 0.717) is 44.4 Å². The fourth-order valence-electron chi connectivity index (χ4n) is 9.67. The van der Waals surface area contributed by atoms with E-state index >= 15 is 0 Å². The Morgan fingerprint density at radius 3 is 2.41 bits per heavy atom. The number of Topliss-reactive ketones (excluding diaryl/α,β-unsaturated/α-hetero) is 1. The van der Waals surface area contributed by atoms with Gasteiger partial charge in [-0.2, -0.15) is 0 Å². The number of ketones is 1. The van der Waals surface area contributed by atoms with Gasteiger partial charge in [0, 0.05) is 64.4 Å². The number of piperidine rings is 1. The molecule has 2 bridgehead atoms. The number of hydrogen-bond donors (Lipinski definition) is 3.